The van der Waals surface area contributed by atoms with E-state index in [1.807, 2.05) is 59.9 Å². The monoisotopic (exact) mass is 496 g/mol. The second kappa shape index (κ2) is 9.39. The Balaban J connectivity index is 1.98. The van der Waals surface area contributed by atoms with Gasteiger partial charge in [0.25, 0.3) is 11.5 Å². The number of hydrogen-bond donors (Lipinski definition) is 0. The van der Waals surface area contributed by atoms with E-state index in [1.165, 1.54) is 11.3 Å². The van der Waals surface area contributed by atoms with Gasteiger partial charge in [-0.2, -0.15) is 0 Å². The molecule has 1 amide bonds. The van der Waals surface area contributed by atoms with Crippen LogP contribution >= 0.6 is 22.9 Å². The summed E-state index contributed by atoms with van der Waals surface area (Å²) in [7, 11) is 2.01. The second-order valence-electron chi connectivity index (χ2n) is 8.50. The number of carbonyl (C=O) groups is 1. The molecule has 0 saturated carbocycles. The van der Waals surface area contributed by atoms with Gasteiger partial charge in [0.2, 0.25) is 0 Å². The summed E-state index contributed by atoms with van der Waals surface area (Å²) in [6.45, 7) is 11.0. The Bertz CT molecular complexity index is 1470. The number of allylic oxidation sites excluding steroid dienone is 1. The van der Waals surface area contributed by atoms with Crippen molar-refractivity contribution in [3.05, 3.63) is 88.8 Å². The third-order valence-electron chi connectivity index (χ3n) is 6.59. The SMILES string of the molecule is CCN(CC)C(=O)C1=C(C)N=c2s/c(=C/c3cc(C)n(C)c3C)c(=O)n2[C@@H]1c1ccc(Cl)cc1. The largest absolute Gasteiger partial charge is 0.352 e. The van der Waals surface area contributed by atoms with Crippen LogP contribution in [-0.2, 0) is 11.8 Å². The third-order valence-corrected chi connectivity index (χ3v) is 7.82. The summed E-state index contributed by atoms with van der Waals surface area (Å²) in [6.07, 6.45) is 1.93. The fourth-order valence-electron chi connectivity index (χ4n) is 4.41. The number of likely N-dealkylation sites (N-methyl/N-ethyl adjacent to an activating group) is 1. The molecule has 1 aromatic carbocycles. The molecule has 0 bridgehead atoms. The zero-order chi connectivity index (χ0) is 24.7. The van der Waals surface area contributed by atoms with Crippen molar-refractivity contribution in [2.24, 2.45) is 12.0 Å². The highest BCUT2D eigenvalue weighted by Gasteiger charge is 2.34. The van der Waals surface area contributed by atoms with Gasteiger partial charge in [-0.1, -0.05) is 35.1 Å². The molecule has 0 saturated heterocycles. The topological polar surface area (TPSA) is 59.6 Å². The Morgan fingerprint density at radius 1 is 1.18 bits per heavy atom. The van der Waals surface area contributed by atoms with Crippen LogP contribution < -0.4 is 14.9 Å². The van der Waals surface area contributed by atoms with Crippen LogP contribution in [0, 0.1) is 13.8 Å². The van der Waals surface area contributed by atoms with E-state index in [0.717, 1.165) is 22.5 Å². The molecule has 4 rings (SSSR count). The van der Waals surface area contributed by atoms with Gasteiger partial charge in [0.1, 0.15) is 0 Å². The zero-order valence-corrected chi connectivity index (χ0v) is 21.9. The van der Waals surface area contributed by atoms with Crippen molar-refractivity contribution in [2.45, 2.75) is 40.7 Å². The maximum absolute atomic E-state index is 13.8. The van der Waals surface area contributed by atoms with Crippen LogP contribution in [0.1, 0.15) is 49.3 Å². The Morgan fingerprint density at radius 3 is 2.38 bits per heavy atom. The molecule has 1 aliphatic rings. The fourth-order valence-corrected chi connectivity index (χ4v) is 5.57. The molecule has 8 heteroatoms. The summed E-state index contributed by atoms with van der Waals surface area (Å²) in [5.74, 6) is -0.102. The minimum Gasteiger partial charge on any atom is -0.352 e. The lowest BCUT2D eigenvalue weighted by molar-refractivity contribution is -0.127. The number of benzene rings is 1. The standard InChI is InChI=1S/C26H29ClN4O2S/c1-7-30(8-2)25(33)22-16(4)28-26-31(23(22)18-9-11-20(27)12-10-18)24(32)21(34-26)14-19-13-15(3)29(6)17(19)5/h9-14,23H,7-8H2,1-6H3/b21-14+/t23-/m1/s1. The minimum absolute atomic E-state index is 0.102. The summed E-state index contributed by atoms with van der Waals surface area (Å²) in [5, 5.41) is 0.600. The van der Waals surface area contributed by atoms with Crippen molar-refractivity contribution in [3.63, 3.8) is 0 Å². The number of aromatic nitrogens is 2. The van der Waals surface area contributed by atoms with Gasteiger partial charge in [0, 0.05) is 36.5 Å². The lowest BCUT2D eigenvalue weighted by atomic mass is 9.94. The summed E-state index contributed by atoms with van der Waals surface area (Å²) < 4.78 is 4.36. The summed E-state index contributed by atoms with van der Waals surface area (Å²) in [4.78, 5) is 34.4. The highest BCUT2D eigenvalue weighted by Crippen LogP contribution is 2.31. The second-order valence-corrected chi connectivity index (χ2v) is 9.94. The van der Waals surface area contributed by atoms with Crippen LogP contribution in [0.2, 0.25) is 5.02 Å². The average molecular weight is 497 g/mol. The Labute approximate surface area is 208 Å². The third kappa shape index (κ3) is 4.07. The molecular weight excluding hydrogens is 468 g/mol. The molecule has 3 aromatic rings. The summed E-state index contributed by atoms with van der Waals surface area (Å²) in [6, 6.07) is 8.84. The number of thiazole rings is 1. The van der Waals surface area contributed by atoms with Crippen molar-refractivity contribution in [3.8, 4) is 0 Å². The Morgan fingerprint density at radius 2 is 1.82 bits per heavy atom. The van der Waals surface area contributed by atoms with Crippen molar-refractivity contribution < 1.29 is 4.79 Å². The van der Waals surface area contributed by atoms with Gasteiger partial charge in [-0.25, -0.2) is 4.99 Å². The molecule has 0 aliphatic carbocycles. The van der Waals surface area contributed by atoms with E-state index in [0.29, 0.717) is 38.7 Å². The number of hydrogen-bond acceptors (Lipinski definition) is 4. The number of nitrogens with zero attached hydrogens (tertiary/aromatic N) is 4. The Hall–Kier alpha value is -2.90. The molecule has 0 spiro atoms. The molecule has 178 valence electrons. The maximum Gasteiger partial charge on any atom is 0.271 e. The molecule has 0 N–H and O–H groups in total. The average Bonchev–Trinajstić information content (AvgIpc) is 3.24. The maximum atomic E-state index is 13.8. The highest BCUT2D eigenvalue weighted by molar-refractivity contribution is 7.07. The minimum atomic E-state index is -0.567. The van der Waals surface area contributed by atoms with Crippen LogP contribution in [-0.4, -0.2) is 33.0 Å². The lowest BCUT2D eigenvalue weighted by Crippen LogP contribution is -2.43. The highest BCUT2D eigenvalue weighted by atomic mass is 35.5. The van der Waals surface area contributed by atoms with Gasteiger partial charge in [-0.3, -0.25) is 14.2 Å². The van der Waals surface area contributed by atoms with Crippen LogP contribution in [0.5, 0.6) is 0 Å². The molecule has 34 heavy (non-hydrogen) atoms. The number of fused-ring (bicyclic) bond motifs is 1. The number of rotatable bonds is 5. The Kier molecular flexibility index (Phi) is 6.69. The number of halogens is 1. The van der Waals surface area contributed by atoms with E-state index in [-0.39, 0.29) is 11.5 Å². The van der Waals surface area contributed by atoms with Gasteiger partial charge in [-0.15, -0.1) is 0 Å². The van der Waals surface area contributed by atoms with Gasteiger partial charge < -0.3 is 9.47 Å². The number of amides is 1. The first-order chi connectivity index (χ1) is 16.2. The summed E-state index contributed by atoms with van der Waals surface area (Å²) >= 11 is 7.50. The fraction of sp³-hybridized carbons (Fsp3) is 0.346. The van der Waals surface area contributed by atoms with Crippen molar-refractivity contribution in [1.82, 2.24) is 14.0 Å². The van der Waals surface area contributed by atoms with Gasteiger partial charge in [0.15, 0.2) is 4.80 Å². The van der Waals surface area contributed by atoms with E-state index in [9.17, 15) is 9.59 Å². The van der Waals surface area contributed by atoms with E-state index in [4.69, 9.17) is 16.6 Å². The molecule has 0 unspecified atom stereocenters. The number of aryl methyl sites for hydroxylation is 1. The van der Waals surface area contributed by atoms with Crippen molar-refractivity contribution >= 4 is 34.9 Å². The van der Waals surface area contributed by atoms with Crippen LogP contribution in [0.15, 0.2) is 51.4 Å². The lowest BCUT2D eigenvalue weighted by Gasteiger charge is -2.29. The van der Waals surface area contributed by atoms with Gasteiger partial charge in [0.05, 0.1) is 21.8 Å². The van der Waals surface area contributed by atoms with Crippen LogP contribution in [0.4, 0.5) is 0 Å². The van der Waals surface area contributed by atoms with E-state index >= 15 is 0 Å². The zero-order valence-electron chi connectivity index (χ0n) is 20.3. The van der Waals surface area contributed by atoms with E-state index in [1.54, 1.807) is 21.6 Å². The molecule has 0 fully saturated rings. The molecule has 1 aliphatic heterocycles. The molecule has 0 radical (unpaired) electrons. The van der Waals surface area contributed by atoms with Crippen molar-refractivity contribution in [2.75, 3.05) is 13.1 Å². The first-order valence-corrected chi connectivity index (χ1v) is 12.6. The molecule has 2 aromatic heterocycles. The van der Waals surface area contributed by atoms with Gasteiger partial charge >= 0.3 is 0 Å². The first-order valence-electron chi connectivity index (χ1n) is 11.4. The van der Waals surface area contributed by atoms with Crippen molar-refractivity contribution in [1.29, 1.82) is 0 Å². The molecule has 3 heterocycles. The molecule has 6 nitrogen and oxygen atoms in total. The van der Waals surface area contributed by atoms with Crippen LogP contribution in [0.3, 0.4) is 0 Å². The number of carbonyl (C=O) groups excluding carboxylic acids is 1. The quantitative estimate of drug-likeness (QED) is 0.540. The molecule has 1 atom stereocenters. The van der Waals surface area contributed by atoms with E-state index < -0.39 is 6.04 Å². The predicted octanol–water partition coefficient (Wildman–Crippen LogP) is 3.71. The van der Waals surface area contributed by atoms with Crippen LogP contribution in [0.25, 0.3) is 6.08 Å². The summed E-state index contributed by atoms with van der Waals surface area (Å²) in [5.41, 5.74) is 5.05. The van der Waals surface area contributed by atoms with E-state index in [2.05, 4.69) is 10.6 Å². The molecular formula is C26H29ClN4O2S. The van der Waals surface area contributed by atoms with Gasteiger partial charge in [-0.05, 0) is 70.0 Å². The first kappa shape index (κ1) is 24.2. The predicted molar refractivity (Wildman–Crippen MR) is 138 cm³/mol. The smallest absolute Gasteiger partial charge is 0.271 e. The normalized spacial score (nSPS) is 16.0.